The van der Waals surface area contributed by atoms with Crippen molar-refractivity contribution in [1.29, 1.82) is 0 Å². The molecule has 3 N–H and O–H groups in total. The highest BCUT2D eigenvalue weighted by Crippen LogP contribution is 2.23. The predicted molar refractivity (Wildman–Crippen MR) is 125 cm³/mol. The van der Waals surface area contributed by atoms with Crippen LogP contribution in [0.15, 0.2) is 101 Å². The van der Waals surface area contributed by atoms with Crippen LogP contribution in [0.4, 0.5) is 0 Å². The molecule has 0 bridgehead atoms. The normalized spacial score (nSPS) is 12.0. The smallest absolute Gasteiger partial charge is 0.240 e. The molecule has 1 heterocycles. The topological polar surface area (TPSA) is 124 Å². The lowest BCUT2D eigenvalue weighted by Crippen LogP contribution is -2.23. The summed E-state index contributed by atoms with van der Waals surface area (Å²) in [6.07, 6.45) is 1.82. The van der Waals surface area contributed by atoms with E-state index in [1.165, 1.54) is 12.1 Å². The number of nitrogens with two attached hydrogens (primary N) is 1. The van der Waals surface area contributed by atoms with Gasteiger partial charge in [-0.1, -0.05) is 60.7 Å². The molecule has 0 amide bonds. The Morgan fingerprint density at radius 1 is 0.788 bits per heavy atom. The monoisotopic (exact) mass is 482 g/mol. The molecule has 0 aliphatic carbocycles. The van der Waals surface area contributed by atoms with Crippen molar-refractivity contribution in [2.75, 3.05) is 0 Å². The minimum Gasteiger partial charge on any atom is -0.267 e. The third-order valence-corrected chi connectivity index (χ3v) is 7.33. The van der Waals surface area contributed by atoms with Gasteiger partial charge in [0.1, 0.15) is 0 Å². The summed E-state index contributed by atoms with van der Waals surface area (Å²) >= 11 is 0. The molecule has 0 aliphatic heterocycles. The zero-order valence-electron chi connectivity index (χ0n) is 17.5. The molecule has 170 valence electrons. The van der Waals surface area contributed by atoms with Gasteiger partial charge in [0, 0.05) is 23.9 Å². The molecule has 0 saturated heterocycles. The van der Waals surface area contributed by atoms with Crippen LogP contribution < -0.4 is 9.86 Å². The number of nitrogens with one attached hydrogen (secondary N) is 1. The standard InChI is InChI=1S/C23H22N4O4S2/c24-32(28,29)21-11-13-22(14-12-21)33(30,31)25-15-20-17-27(16-18-7-3-1-4-8-18)26-23(20)19-9-5-2-6-10-19/h1-14,17,25H,15-16H2,(H2,24,28,29). The van der Waals surface area contributed by atoms with E-state index in [1.807, 2.05) is 66.9 Å². The molecule has 0 fully saturated rings. The van der Waals surface area contributed by atoms with E-state index in [-0.39, 0.29) is 16.3 Å². The van der Waals surface area contributed by atoms with Gasteiger partial charge in [-0.2, -0.15) is 5.10 Å². The van der Waals surface area contributed by atoms with Crippen LogP contribution in [-0.4, -0.2) is 26.6 Å². The van der Waals surface area contributed by atoms with Crippen LogP contribution in [0.5, 0.6) is 0 Å². The lowest BCUT2D eigenvalue weighted by molar-refractivity contribution is 0.580. The van der Waals surface area contributed by atoms with Gasteiger partial charge in [0.05, 0.1) is 22.0 Å². The first-order chi connectivity index (χ1) is 15.7. The Bertz CT molecular complexity index is 1450. The maximum atomic E-state index is 12.8. The van der Waals surface area contributed by atoms with Crippen LogP contribution in [0.2, 0.25) is 0 Å². The average molecular weight is 483 g/mol. The van der Waals surface area contributed by atoms with Gasteiger partial charge in [-0.25, -0.2) is 26.7 Å². The highest BCUT2D eigenvalue weighted by atomic mass is 32.2. The second-order valence-electron chi connectivity index (χ2n) is 7.39. The molecular weight excluding hydrogens is 460 g/mol. The first-order valence-electron chi connectivity index (χ1n) is 10.0. The van der Waals surface area contributed by atoms with Crippen molar-refractivity contribution in [3.8, 4) is 11.3 Å². The maximum absolute atomic E-state index is 12.8. The number of hydrogen-bond donors (Lipinski definition) is 2. The molecule has 1 aromatic heterocycles. The summed E-state index contributed by atoms with van der Waals surface area (Å²) in [5, 5.41) is 9.77. The Morgan fingerprint density at radius 2 is 1.36 bits per heavy atom. The van der Waals surface area contributed by atoms with Crippen molar-refractivity contribution in [3.05, 3.63) is 102 Å². The molecule has 0 aliphatic rings. The van der Waals surface area contributed by atoms with Gasteiger partial charge >= 0.3 is 0 Å². The Balaban J connectivity index is 1.60. The van der Waals surface area contributed by atoms with Gasteiger partial charge in [-0.3, -0.25) is 4.68 Å². The molecular formula is C23H22N4O4S2. The predicted octanol–water partition coefficient (Wildman–Crippen LogP) is 2.72. The average Bonchev–Trinajstić information content (AvgIpc) is 3.21. The van der Waals surface area contributed by atoms with Crippen LogP contribution in [0, 0.1) is 0 Å². The summed E-state index contributed by atoms with van der Waals surface area (Å²) in [5.74, 6) is 0. The first-order valence-corrected chi connectivity index (χ1v) is 13.0. The first kappa shape index (κ1) is 22.9. The highest BCUT2D eigenvalue weighted by molar-refractivity contribution is 7.89. The van der Waals surface area contributed by atoms with E-state index in [4.69, 9.17) is 5.14 Å². The van der Waals surface area contributed by atoms with Crippen LogP contribution in [-0.2, 0) is 33.1 Å². The van der Waals surface area contributed by atoms with Crippen molar-refractivity contribution < 1.29 is 16.8 Å². The number of aromatic nitrogens is 2. The van der Waals surface area contributed by atoms with Crippen molar-refractivity contribution in [2.24, 2.45) is 5.14 Å². The van der Waals surface area contributed by atoms with Gasteiger partial charge in [-0.15, -0.1) is 0 Å². The summed E-state index contributed by atoms with van der Waals surface area (Å²) in [4.78, 5) is -0.220. The van der Waals surface area contributed by atoms with Gasteiger partial charge in [0.15, 0.2) is 0 Å². The van der Waals surface area contributed by atoms with Crippen molar-refractivity contribution in [3.63, 3.8) is 0 Å². The third-order valence-electron chi connectivity index (χ3n) is 4.99. The number of rotatable bonds is 8. The lowest BCUT2D eigenvalue weighted by atomic mass is 10.1. The lowest BCUT2D eigenvalue weighted by Gasteiger charge is -2.08. The minimum absolute atomic E-state index is 0.0122. The largest absolute Gasteiger partial charge is 0.267 e. The summed E-state index contributed by atoms with van der Waals surface area (Å²) < 4.78 is 52.8. The zero-order chi connectivity index (χ0) is 23.5. The Kier molecular flexibility index (Phi) is 6.43. The summed E-state index contributed by atoms with van der Waals surface area (Å²) in [7, 11) is -7.80. The van der Waals surface area contributed by atoms with E-state index >= 15 is 0 Å². The molecule has 4 aromatic rings. The molecule has 4 rings (SSSR count). The number of sulfonamides is 2. The van der Waals surface area contributed by atoms with Crippen molar-refractivity contribution in [1.82, 2.24) is 14.5 Å². The molecule has 0 unspecified atom stereocenters. The van der Waals surface area contributed by atoms with E-state index in [1.54, 1.807) is 4.68 Å². The summed E-state index contributed by atoms with van der Waals surface area (Å²) in [6.45, 7) is 0.556. The molecule has 0 saturated carbocycles. The Hall–Kier alpha value is -3.31. The van der Waals surface area contributed by atoms with Gasteiger partial charge < -0.3 is 0 Å². The maximum Gasteiger partial charge on any atom is 0.240 e. The van der Waals surface area contributed by atoms with Gasteiger partial charge in [-0.05, 0) is 29.8 Å². The zero-order valence-corrected chi connectivity index (χ0v) is 19.1. The second-order valence-corrected chi connectivity index (χ2v) is 10.7. The number of benzene rings is 3. The van der Waals surface area contributed by atoms with Gasteiger partial charge in [0.2, 0.25) is 20.0 Å². The van der Waals surface area contributed by atoms with Crippen LogP contribution in [0.3, 0.4) is 0 Å². The van der Waals surface area contributed by atoms with E-state index in [0.29, 0.717) is 17.8 Å². The number of nitrogens with zero attached hydrogens (tertiary/aromatic N) is 2. The summed E-state index contributed by atoms with van der Waals surface area (Å²) in [6, 6.07) is 24.1. The van der Waals surface area contributed by atoms with Crippen molar-refractivity contribution >= 4 is 20.0 Å². The fourth-order valence-electron chi connectivity index (χ4n) is 3.35. The van der Waals surface area contributed by atoms with Crippen LogP contribution in [0.1, 0.15) is 11.1 Å². The quantitative estimate of drug-likeness (QED) is 0.400. The minimum atomic E-state index is -3.91. The van der Waals surface area contributed by atoms with Crippen LogP contribution >= 0.6 is 0 Å². The number of hydrogen-bond acceptors (Lipinski definition) is 5. The number of primary sulfonamides is 1. The molecule has 10 heteroatoms. The van der Waals surface area contributed by atoms with Crippen LogP contribution in [0.25, 0.3) is 11.3 Å². The third kappa shape index (κ3) is 5.55. The Labute approximate surface area is 192 Å². The molecule has 8 nitrogen and oxygen atoms in total. The van der Waals surface area contributed by atoms with Gasteiger partial charge in [0.25, 0.3) is 0 Å². The molecule has 0 spiro atoms. The van der Waals surface area contributed by atoms with E-state index in [2.05, 4.69) is 9.82 Å². The molecule has 0 radical (unpaired) electrons. The highest BCUT2D eigenvalue weighted by Gasteiger charge is 2.18. The van der Waals surface area contributed by atoms with E-state index in [0.717, 1.165) is 23.3 Å². The Morgan fingerprint density at radius 3 is 1.97 bits per heavy atom. The molecule has 3 aromatic carbocycles. The van der Waals surface area contributed by atoms with Crippen molar-refractivity contribution in [2.45, 2.75) is 22.9 Å². The fourth-order valence-corrected chi connectivity index (χ4v) is 4.87. The second kappa shape index (κ2) is 9.28. The molecule has 0 atom stereocenters. The van der Waals surface area contributed by atoms with E-state index < -0.39 is 20.0 Å². The summed E-state index contributed by atoms with van der Waals surface area (Å²) in [5.41, 5.74) is 3.33. The fraction of sp³-hybridized carbons (Fsp3) is 0.0870. The molecule has 33 heavy (non-hydrogen) atoms. The SMILES string of the molecule is NS(=O)(=O)c1ccc(S(=O)(=O)NCc2cn(Cc3ccccc3)nc2-c2ccccc2)cc1. The van der Waals surface area contributed by atoms with E-state index in [9.17, 15) is 16.8 Å².